The maximum Gasteiger partial charge on any atom is 0.545 e. The van der Waals surface area contributed by atoms with Crippen LogP contribution in [0.5, 0.6) is 17.2 Å². The van der Waals surface area contributed by atoms with E-state index in [1.165, 1.54) is 7.05 Å². The lowest BCUT2D eigenvalue weighted by Gasteiger charge is -2.21. The van der Waals surface area contributed by atoms with Crippen LogP contribution >= 0.6 is 7.75 Å². The number of nitrogens with one attached hydrogen (secondary N) is 1. The Balaban J connectivity index is 1.83. The number of benzene rings is 3. The van der Waals surface area contributed by atoms with E-state index in [1.54, 1.807) is 60.7 Å². The van der Waals surface area contributed by atoms with Crippen LogP contribution in [0, 0.1) is 0 Å². The number of rotatable bonds is 6. The van der Waals surface area contributed by atoms with Crippen LogP contribution in [-0.2, 0) is 4.57 Å². The van der Waals surface area contributed by atoms with Gasteiger partial charge in [0.15, 0.2) is 0 Å². The molecule has 0 radical (unpaired) electrons. The Kier molecular flexibility index (Phi) is 6.13. The molecule has 3 aromatic rings. The molecule has 3 aromatic carbocycles. The average molecular weight is 382 g/mol. The Labute approximate surface area is 158 Å². The number of nitrogens with zero attached hydrogens (tertiary/aromatic N) is 1. The molecule has 1 N–H and O–H groups in total. The normalized spacial score (nSPS) is 11.5. The third-order valence-corrected chi connectivity index (χ3v) is 4.70. The molecule has 0 spiro atoms. The van der Waals surface area contributed by atoms with Crippen LogP contribution in [0.15, 0.2) is 96.0 Å². The molecule has 0 saturated carbocycles. The summed E-state index contributed by atoms with van der Waals surface area (Å²) >= 11 is 0. The molecule has 0 unspecified atom stereocenters. The fourth-order valence-corrected chi connectivity index (χ4v) is 3.45. The van der Waals surface area contributed by atoms with Crippen LogP contribution in [0.3, 0.4) is 0 Å². The summed E-state index contributed by atoms with van der Waals surface area (Å²) in [6.45, 7) is 0. The van der Waals surface area contributed by atoms with Crippen molar-refractivity contribution in [3.05, 3.63) is 91.0 Å². The molecule has 27 heavy (non-hydrogen) atoms. The van der Waals surface area contributed by atoms with Crippen LogP contribution < -0.4 is 18.9 Å². The van der Waals surface area contributed by atoms with E-state index in [0.29, 0.717) is 17.2 Å². The van der Waals surface area contributed by atoms with E-state index < -0.39 is 7.75 Å². The molecule has 0 bridgehead atoms. The van der Waals surface area contributed by atoms with Crippen molar-refractivity contribution >= 4 is 13.8 Å². The highest BCUT2D eigenvalue weighted by Gasteiger charge is 2.31. The van der Waals surface area contributed by atoms with Crippen LogP contribution in [0.1, 0.15) is 0 Å². The monoisotopic (exact) mass is 382 g/mol. The molecule has 0 aliphatic heterocycles. The summed E-state index contributed by atoms with van der Waals surface area (Å²) in [5.74, 6) is 1.32. The molecule has 3 rings (SSSR count). The number of aliphatic imine (C=N–C) groups is 1. The van der Waals surface area contributed by atoms with E-state index in [2.05, 4.69) is 10.1 Å². The molecule has 138 valence electrons. The van der Waals surface area contributed by atoms with Crippen molar-refractivity contribution in [3.8, 4) is 17.2 Å². The average Bonchev–Trinajstić information content (AvgIpc) is 2.69. The minimum atomic E-state index is -3.88. The first-order valence-electron chi connectivity index (χ1n) is 8.24. The van der Waals surface area contributed by atoms with E-state index >= 15 is 0 Å². The van der Waals surface area contributed by atoms with Crippen molar-refractivity contribution < 1.29 is 18.3 Å². The summed E-state index contributed by atoms with van der Waals surface area (Å²) in [5.41, 5.74) is 0. The van der Waals surface area contributed by atoms with E-state index in [-0.39, 0.29) is 6.02 Å². The molecule has 0 aliphatic rings. The highest BCUT2D eigenvalue weighted by atomic mass is 31.2. The first kappa shape index (κ1) is 18.5. The number of amidine groups is 1. The lowest BCUT2D eigenvalue weighted by Crippen LogP contribution is -2.30. The Morgan fingerprint density at radius 3 is 1.56 bits per heavy atom. The Bertz CT molecular complexity index is 873. The zero-order chi connectivity index (χ0) is 19.0. The van der Waals surface area contributed by atoms with Crippen molar-refractivity contribution in [2.45, 2.75) is 0 Å². The summed E-state index contributed by atoms with van der Waals surface area (Å²) in [5, 5.41) is 2.66. The fourth-order valence-electron chi connectivity index (χ4n) is 2.14. The summed E-state index contributed by atoms with van der Waals surface area (Å²) < 4.78 is 30.3. The van der Waals surface area contributed by atoms with E-state index in [1.807, 2.05) is 30.3 Å². The Hall–Kier alpha value is -3.24. The molecule has 0 aliphatic carbocycles. The van der Waals surface area contributed by atoms with Gasteiger partial charge in [0.2, 0.25) is 0 Å². The van der Waals surface area contributed by atoms with Crippen molar-refractivity contribution in [3.63, 3.8) is 0 Å². The predicted octanol–water partition coefficient (Wildman–Crippen LogP) is 4.91. The van der Waals surface area contributed by atoms with Gasteiger partial charge in [-0.15, -0.1) is 0 Å². The van der Waals surface area contributed by atoms with Gasteiger partial charge in [0.25, 0.3) is 0 Å². The highest BCUT2D eigenvalue weighted by Crippen LogP contribution is 2.44. The third kappa shape index (κ3) is 5.62. The molecule has 0 amide bonds. The third-order valence-electron chi connectivity index (χ3n) is 3.33. The van der Waals surface area contributed by atoms with Crippen LogP contribution in [-0.4, -0.2) is 13.1 Å². The van der Waals surface area contributed by atoms with Gasteiger partial charge in [-0.25, -0.2) is 14.6 Å². The molecular weight excluding hydrogens is 363 g/mol. The second-order valence-corrected chi connectivity index (χ2v) is 6.95. The summed E-state index contributed by atoms with van der Waals surface area (Å²) in [4.78, 5) is 4.00. The van der Waals surface area contributed by atoms with Gasteiger partial charge in [-0.3, -0.25) is 0 Å². The molecule has 0 atom stereocenters. The molecule has 6 nitrogen and oxygen atoms in total. The topological polar surface area (TPSA) is 69.2 Å². The fraction of sp³-hybridized carbons (Fsp3) is 0.0500. The van der Waals surface area contributed by atoms with Gasteiger partial charge in [-0.2, -0.15) is 0 Å². The lowest BCUT2D eigenvalue weighted by molar-refractivity contribution is 0.375. The Morgan fingerprint density at radius 2 is 1.15 bits per heavy atom. The molecule has 0 fully saturated rings. The van der Waals surface area contributed by atoms with Crippen LogP contribution in [0.4, 0.5) is 0 Å². The van der Waals surface area contributed by atoms with Gasteiger partial charge in [0.1, 0.15) is 17.2 Å². The number of hydrogen-bond donors (Lipinski definition) is 1. The molecule has 0 aromatic heterocycles. The number of hydrogen-bond acceptors (Lipinski definition) is 5. The number of para-hydroxylation sites is 3. The van der Waals surface area contributed by atoms with Crippen molar-refractivity contribution in [2.75, 3.05) is 7.05 Å². The highest BCUT2D eigenvalue weighted by molar-refractivity contribution is 7.53. The van der Waals surface area contributed by atoms with Crippen molar-refractivity contribution in [1.29, 1.82) is 0 Å². The minimum Gasteiger partial charge on any atom is -0.426 e. The van der Waals surface area contributed by atoms with E-state index in [4.69, 9.17) is 13.8 Å². The largest absolute Gasteiger partial charge is 0.545 e. The second kappa shape index (κ2) is 8.92. The first-order valence-corrected chi connectivity index (χ1v) is 9.78. The smallest absolute Gasteiger partial charge is 0.426 e. The van der Waals surface area contributed by atoms with Gasteiger partial charge >= 0.3 is 13.8 Å². The zero-order valence-corrected chi connectivity index (χ0v) is 15.6. The van der Waals surface area contributed by atoms with Gasteiger partial charge in [-0.1, -0.05) is 54.6 Å². The standard InChI is InChI=1S/C20H19N2O4P/c1-21-20(24-17-11-5-2-6-12-17)22-27(23,25-18-13-7-3-8-14-18)26-19-15-9-4-10-16-19/h2-16H,1H3,(H,21,22,23). The Morgan fingerprint density at radius 1 is 0.741 bits per heavy atom. The van der Waals surface area contributed by atoms with Gasteiger partial charge in [0, 0.05) is 7.05 Å². The second-order valence-electron chi connectivity index (χ2n) is 5.36. The van der Waals surface area contributed by atoms with E-state index in [9.17, 15) is 4.57 Å². The minimum absolute atomic E-state index is 0.0106. The van der Waals surface area contributed by atoms with Crippen molar-refractivity contribution in [1.82, 2.24) is 5.09 Å². The van der Waals surface area contributed by atoms with Gasteiger partial charge in [-0.05, 0) is 36.4 Å². The summed E-state index contributed by atoms with van der Waals surface area (Å²) in [7, 11) is -2.36. The van der Waals surface area contributed by atoms with Crippen LogP contribution in [0.25, 0.3) is 0 Å². The van der Waals surface area contributed by atoms with E-state index in [0.717, 1.165) is 0 Å². The lowest BCUT2D eigenvalue weighted by atomic mass is 10.3. The summed E-state index contributed by atoms with van der Waals surface area (Å²) in [6, 6.07) is 26.5. The zero-order valence-electron chi connectivity index (χ0n) is 14.7. The predicted molar refractivity (Wildman–Crippen MR) is 105 cm³/mol. The molecule has 0 heterocycles. The first-order chi connectivity index (χ1) is 13.2. The molecule has 0 saturated heterocycles. The van der Waals surface area contributed by atoms with Crippen molar-refractivity contribution in [2.24, 2.45) is 4.99 Å². The van der Waals surface area contributed by atoms with Gasteiger partial charge in [0.05, 0.1) is 0 Å². The van der Waals surface area contributed by atoms with Gasteiger partial charge < -0.3 is 13.8 Å². The molecule has 7 heteroatoms. The van der Waals surface area contributed by atoms with Crippen LogP contribution in [0.2, 0.25) is 0 Å². The summed E-state index contributed by atoms with van der Waals surface area (Å²) in [6.07, 6.45) is 0. The maximum atomic E-state index is 13.4. The quantitative estimate of drug-likeness (QED) is 0.373. The number of ether oxygens (including phenoxy) is 1. The maximum absolute atomic E-state index is 13.4. The SMILES string of the molecule is CN=C(NP(=O)(Oc1ccccc1)Oc1ccccc1)Oc1ccccc1. The molecular formula is C20H19N2O4P.